The van der Waals surface area contributed by atoms with Crippen LogP contribution in [-0.4, -0.2) is 51.8 Å². The first-order valence-corrected chi connectivity index (χ1v) is 5.90. The Labute approximate surface area is 111 Å². The van der Waals surface area contributed by atoms with Crippen LogP contribution in [0.1, 0.15) is 30.8 Å². The first kappa shape index (κ1) is 14.9. The number of ether oxygens (including phenoxy) is 1. The number of methoxy groups -OCH3 is 1. The lowest BCUT2D eigenvalue weighted by Gasteiger charge is -2.26. The van der Waals surface area contributed by atoms with E-state index < -0.39 is 11.9 Å². The van der Waals surface area contributed by atoms with Crippen LogP contribution in [0, 0.1) is 0 Å². The highest BCUT2D eigenvalue weighted by Gasteiger charge is 2.24. The van der Waals surface area contributed by atoms with Crippen molar-refractivity contribution in [3.63, 3.8) is 0 Å². The predicted molar refractivity (Wildman–Crippen MR) is 67.0 cm³/mol. The number of hydrogen-bond donors (Lipinski definition) is 1. The molecule has 19 heavy (non-hydrogen) atoms. The van der Waals surface area contributed by atoms with Crippen LogP contribution in [0.2, 0.25) is 0 Å². The summed E-state index contributed by atoms with van der Waals surface area (Å²) in [5.74, 6) is -1.22. The molecule has 0 aliphatic carbocycles. The molecule has 0 aromatic carbocycles. The Morgan fingerprint density at radius 1 is 1.42 bits per heavy atom. The largest absolute Gasteiger partial charge is 0.480 e. The minimum Gasteiger partial charge on any atom is -0.480 e. The molecule has 1 amide bonds. The van der Waals surface area contributed by atoms with Crippen LogP contribution in [-0.2, 0) is 4.79 Å². The second-order valence-corrected chi connectivity index (χ2v) is 4.04. The van der Waals surface area contributed by atoms with Gasteiger partial charge in [-0.05, 0) is 19.4 Å². The van der Waals surface area contributed by atoms with E-state index in [0.717, 1.165) is 0 Å². The van der Waals surface area contributed by atoms with Crippen molar-refractivity contribution in [2.24, 2.45) is 0 Å². The Kier molecular flexibility index (Phi) is 5.23. The summed E-state index contributed by atoms with van der Waals surface area (Å²) in [5.41, 5.74) is 0.0994. The van der Waals surface area contributed by atoms with Gasteiger partial charge in [0.05, 0.1) is 7.11 Å². The van der Waals surface area contributed by atoms with Gasteiger partial charge in [-0.2, -0.15) is 0 Å². The van der Waals surface area contributed by atoms with E-state index in [1.165, 1.54) is 24.1 Å². The molecule has 0 bridgehead atoms. The molecule has 0 aliphatic rings. The summed E-state index contributed by atoms with van der Waals surface area (Å²) in [6.07, 6.45) is 0.655. The van der Waals surface area contributed by atoms with Gasteiger partial charge in [0.25, 0.3) is 5.91 Å². The Morgan fingerprint density at radius 3 is 2.53 bits per heavy atom. The number of carbonyl (C=O) groups excluding carboxylic acids is 1. The van der Waals surface area contributed by atoms with Crippen molar-refractivity contribution >= 4 is 11.9 Å². The molecule has 104 valence electrons. The summed E-state index contributed by atoms with van der Waals surface area (Å²) in [5, 5.41) is 16.3. The summed E-state index contributed by atoms with van der Waals surface area (Å²) < 4.78 is 4.85. The van der Waals surface area contributed by atoms with Crippen LogP contribution in [0.3, 0.4) is 0 Å². The van der Waals surface area contributed by atoms with E-state index >= 15 is 0 Å². The maximum atomic E-state index is 12.2. The van der Waals surface area contributed by atoms with Gasteiger partial charge < -0.3 is 14.7 Å². The van der Waals surface area contributed by atoms with Crippen LogP contribution in [0.15, 0.2) is 12.1 Å². The normalized spacial score (nSPS) is 11.7. The first-order valence-electron chi connectivity index (χ1n) is 5.90. The standard InChI is InChI=1S/C12H17N3O4/c1-4-8(2)15(7-11(16)17)12(18)9-5-6-10(19-3)14-13-9/h5-6,8H,4,7H2,1-3H3,(H,16,17). The third kappa shape index (κ3) is 3.90. The number of aliphatic carboxylic acids is 1. The van der Waals surface area contributed by atoms with Gasteiger partial charge in [0.1, 0.15) is 6.54 Å². The maximum Gasteiger partial charge on any atom is 0.323 e. The molecule has 1 rings (SSSR count). The van der Waals surface area contributed by atoms with Crippen molar-refractivity contribution in [1.82, 2.24) is 15.1 Å². The Morgan fingerprint density at radius 2 is 2.11 bits per heavy atom. The average molecular weight is 267 g/mol. The van der Waals surface area contributed by atoms with Crippen LogP contribution >= 0.6 is 0 Å². The number of carboxylic acids is 1. The average Bonchev–Trinajstić information content (AvgIpc) is 2.43. The fourth-order valence-electron chi connectivity index (χ4n) is 1.48. The molecule has 0 saturated heterocycles. The zero-order chi connectivity index (χ0) is 14.4. The minimum absolute atomic E-state index is 0.0994. The van der Waals surface area contributed by atoms with Gasteiger partial charge in [0.2, 0.25) is 5.88 Å². The predicted octanol–water partition coefficient (Wildman–Crippen LogP) is 0.810. The summed E-state index contributed by atoms with van der Waals surface area (Å²) in [7, 11) is 1.45. The molecule has 1 heterocycles. The molecule has 0 radical (unpaired) electrons. The molecule has 7 heteroatoms. The highest BCUT2D eigenvalue weighted by atomic mass is 16.5. The molecule has 0 aliphatic heterocycles. The van der Waals surface area contributed by atoms with Gasteiger partial charge in [-0.15, -0.1) is 10.2 Å². The van der Waals surface area contributed by atoms with E-state index in [9.17, 15) is 9.59 Å². The van der Waals surface area contributed by atoms with E-state index in [-0.39, 0.29) is 18.3 Å². The molecule has 1 N–H and O–H groups in total. The number of rotatable bonds is 6. The second kappa shape index (κ2) is 6.67. The van der Waals surface area contributed by atoms with Crippen molar-refractivity contribution < 1.29 is 19.4 Å². The Bertz CT molecular complexity index is 447. The monoisotopic (exact) mass is 267 g/mol. The molecule has 1 unspecified atom stereocenters. The minimum atomic E-state index is -1.06. The smallest absolute Gasteiger partial charge is 0.323 e. The summed E-state index contributed by atoms with van der Waals surface area (Å²) in [6, 6.07) is 2.79. The fourth-order valence-corrected chi connectivity index (χ4v) is 1.48. The van der Waals surface area contributed by atoms with Gasteiger partial charge in [-0.1, -0.05) is 6.92 Å². The molecule has 0 saturated carbocycles. The number of hydrogen-bond acceptors (Lipinski definition) is 5. The van der Waals surface area contributed by atoms with Gasteiger partial charge in [0, 0.05) is 12.1 Å². The topological polar surface area (TPSA) is 92.6 Å². The van der Waals surface area contributed by atoms with Crippen molar-refractivity contribution in [3.05, 3.63) is 17.8 Å². The second-order valence-electron chi connectivity index (χ2n) is 4.04. The molecule has 0 spiro atoms. The van der Waals surface area contributed by atoms with Gasteiger partial charge in [-0.25, -0.2) is 0 Å². The third-order valence-electron chi connectivity index (χ3n) is 2.76. The number of nitrogens with zero attached hydrogens (tertiary/aromatic N) is 3. The number of amides is 1. The van der Waals surface area contributed by atoms with Gasteiger partial charge >= 0.3 is 5.97 Å². The van der Waals surface area contributed by atoms with E-state index in [1.54, 1.807) is 6.92 Å². The molecular formula is C12H17N3O4. The maximum absolute atomic E-state index is 12.2. The van der Waals surface area contributed by atoms with E-state index in [0.29, 0.717) is 12.3 Å². The quantitative estimate of drug-likeness (QED) is 0.820. The summed E-state index contributed by atoms with van der Waals surface area (Å²) in [6.45, 7) is 3.31. The van der Waals surface area contributed by atoms with Crippen molar-refractivity contribution in [1.29, 1.82) is 0 Å². The highest BCUT2D eigenvalue weighted by molar-refractivity contribution is 5.94. The lowest BCUT2D eigenvalue weighted by Crippen LogP contribution is -2.42. The molecular weight excluding hydrogens is 250 g/mol. The van der Waals surface area contributed by atoms with Crippen molar-refractivity contribution in [2.45, 2.75) is 26.3 Å². The van der Waals surface area contributed by atoms with Crippen LogP contribution in [0.25, 0.3) is 0 Å². The van der Waals surface area contributed by atoms with Crippen LogP contribution < -0.4 is 4.74 Å². The van der Waals surface area contributed by atoms with E-state index in [2.05, 4.69) is 10.2 Å². The molecule has 0 fully saturated rings. The zero-order valence-electron chi connectivity index (χ0n) is 11.2. The van der Waals surface area contributed by atoms with Crippen LogP contribution in [0.4, 0.5) is 0 Å². The zero-order valence-corrected chi connectivity index (χ0v) is 11.2. The van der Waals surface area contributed by atoms with Crippen molar-refractivity contribution in [3.8, 4) is 5.88 Å². The lowest BCUT2D eigenvalue weighted by atomic mass is 10.2. The number of aromatic nitrogens is 2. The molecule has 7 nitrogen and oxygen atoms in total. The Balaban J connectivity index is 2.93. The highest BCUT2D eigenvalue weighted by Crippen LogP contribution is 2.10. The SMILES string of the molecule is CCC(C)N(CC(=O)O)C(=O)c1ccc(OC)nn1. The van der Waals surface area contributed by atoms with Crippen LogP contribution in [0.5, 0.6) is 5.88 Å². The summed E-state index contributed by atoms with van der Waals surface area (Å²) in [4.78, 5) is 24.3. The Hall–Kier alpha value is -2.18. The van der Waals surface area contributed by atoms with Crippen molar-refractivity contribution in [2.75, 3.05) is 13.7 Å². The number of carboxylic acid groups (broad SMARTS) is 1. The fraction of sp³-hybridized carbons (Fsp3) is 0.500. The first-order chi connectivity index (χ1) is 8.99. The molecule has 1 atom stereocenters. The third-order valence-corrected chi connectivity index (χ3v) is 2.76. The molecule has 1 aromatic heterocycles. The summed E-state index contributed by atoms with van der Waals surface area (Å²) >= 11 is 0. The number of carbonyl (C=O) groups is 2. The molecule has 1 aromatic rings. The van der Waals surface area contributed by atoms with E-state index in [1.807, 2.05) is 6.92 Å². The van der Waals surface area contributed by atoms with E-state index in [4.69, 9.17) is 9.84 Å². The lowest BCUT2D eigenvalue weighted by molar-refractivity contribution is -0.138. The van der Waals surface area contributed by atoms with Gasteiger partial charge in [-0.3, -0.25) is 9.59 Å². The van der Waals surface area contributed by atoms with Gasteiger partial charge in [0.15, 0.2) is 5.69 Å².